The largest absolute Gasteiger partial charge is 0.481 e. The SMILES string of the molecule is CC(C(=O)O)C(=O)NC1CCSC1. The number of carboxylic acids is 1. The van der Waals surface area contributed by atoms with Gasteiger partial charge in [-0.05, 0) is 19.1 Å². The van der Waals surface area contributed by atoms with Gasteiger partial charge in [0.25, 0.3) is 0 Å². The second-order valence-electron chi connectivity index (χ2n) is 3.13. The summed E-state index contributed by atoms with van der Waals surface area (Å²) in [7, 11) is 0. The zero-order valence-electron chi connectivity index (χ0n) is 7.45. The summed E-state index contributed by atoms with van der Waals surface area (Å²) in [6.45, 7) is 1.40. The van der Waals surface area contributed by atoms with E-state index in [9.17, 15) is 9.59 Å². The van der Waals surface area contributed by atoms with Crippen LogP contribution in [0.25, 0.3) is 0 Å². The number of nitrogens with one attached hydrogen (secondary N) is 1. The Labute approximate surface area is 81.1 Å². The molecule has 2 N–H and O–H groups in total. The van der Waals surface area contributed by atoms with Crippen LogP contribution < -0.4 is 5.32 Å². The summed E-state index contributed by atoms with van der Waals surface area (Å²) in [6.07, 6.45) is 0.947. The van der Waals surface area contributed by atoms with Gasteiger partial charge in [-0.15, -0.1) is 0 Å². The molecule has 5 heteroatoms. The van der Waals surface area contributed by atoms with Crippen LogP contribution in [0.2, 0.25) is 0 Å². The topological polar surface area (TPSA) is 66.4 Å². The van der Waals surface area contributed by atoms with Crippen molar-refractivity contribution in [1.29, 1.82) is 0 Å². The summed E-state index contributed by atoms with van der Waals surface area (Å²) in [5, 5.41) is 11.3. The fraction of sp³-hybridized carbons (Fsp3) is 0.750. The molecule has 2 atom stereocenters. The van der Waals surface area contributed by atoms with Crippen LogP contribution in [0.4, 0.5) is 0 Å². The van der Waals surface area contributed by atoms with Gasteiger partial charge >= 0.3 is 5.97 Å². The Kier molecular flexibility index (Phi) is 3.59. The van der Waals surface area contributed by atoms with Crippen LogP contribution in [0.15, 0.2) is 0 Å². The van der Waals surface area contributed by atoms with Crippen molar-refractivity contribution >= 4 is 23.6 Å². The molecule has 1 heterocycles. The lowest BCUT2D eigenvalue weighted by Crippen LogP contribution is -2.40. The van der Waals surface area contributed by atoms with E-state index in [-0.39, 0.29) is 11.9 Å². The summed E-state index contributed by atoms with van der Waals surface area (Å²) in [5.74, 6) is -0.432. The van der Waals surface area contributed by atoms with Gasteiger partial charge in [0.2, 0.25) is 5.91 Å². The average molecular weight is 203 g/mol. The monoisotopic (exact) mass is 203 g/mol. The van der Waals surface area contributed by atoms with E-state index in [1.807, 2.05) is 0 Å². The average Bonchev–Trinajstić information content (AvgIpc) is 2.55. The third kappa shape index (κ3) is 2.91. The standard InChI is InChI=1S/C8H13NO3S/c1-5(8(11)12)7(10)9-6-2-3-13-4-6/h5-6H,2-4H2,1H3,(H,9,10)(H,11,12). The van der Waals surface area contributed by atoms with E-state index >= 15 is 0 Å². The molecule has 0 radical (unpaired) electrons. The molecule has 1 fully saturated rings. The zero-order valence-corrected chi connectivity index (χ0v) is 8.26. The van der Waals surface area contributed by atoms with E-state index in [4.69, 9.17) is 5.11 Å². The van der Waals surface area contributed by atoms with Gasteiger partial charge in [-0.2, -0.15) is 11.8 Å². The van der Waals surface area contributed by atoms with Crippen molar-refractivity contribution in [2.24, 2.45) is 5.92 Å². The molecule has 1 saturated heterocycles. The van der Waals surface area contributed by atoms with Gasteiger partial charge < -0.3 is 10.4 Å². The van der Waals surface area contributed by atoms with Crippen molar-refractivity contribution in [3.8, 4) is 0 Å². The van der Waals surface area contributed by atoms with Crippen LogP contribution in [0.5, 0.6) is 0 Å². The highest BCUT2D eigenvalue weighted by Gasteiger charge is 2.24. The third-order valence-electron chi connectivity index (χ3n) is 2.04. The number of carbonyl (C=O) groups is 2. The Morgan fingerprint density at radius 3 is 2.77 bits per heavy atom. The molecule has 1 rings (SSSR count). The molecule has 0 aliphatic carbocycles. The van der Waals surface area contributed by atoms with Gasteiger partial charge in [-0.1, -0.05) is 0 Å². The lowest BCUT2D eigenvalue weighted by atomic mass is 10.1. The van der Waals surface area contributed by atoms with Crippen LogP contribution in [0.3, 0.4) is 0 Å². The third-order valence-corrected chi connectivity index (χ3v) is 3.20. The van der Waals surface area contributed by atoms with Crippen molar-refractivity contribution in [3.63, 3.8) is 0 Å². The molecule has 2 unspecified atom stereocenters. The van der Waals surface area contributed by atoms with Gasteiger partial charge in [-0.25, -0.2) is 0 Å². The Morgan fingerprint density at radius 1 is 1.62 bits per heavy atom. The second-order valence-corrected chi connectivity index (χ2v) is 4.28. The summed E-state index contributed by atoms with van der Waals surface area (Å²) in [5.41, 5.74) is 0. The first-order chi connectivity index (χ1) is 6.11. The van der Waals surface area contributed by atoms with Crippen LogP contribution in [0, 0.1) is 5.92 Å². The summed E-state index contributed by atoms with van der Waals surface area (Å²) in [6, 6.07) is 0.166. The maximum absolute atomic E-state index is 11.2. The highest BCUT2D eigenvalue weighted by Crippen LogP contribution is 2.17. The predicted octanol–water partition coefficient (Wildman–Crippen LogP) is 0.329. The normalized spacial score (nSPS) is 23.9. The fourth-order valence-electron chi connectivity index (χ4n) is 1.09. The summed E-state index contributed by atoms with van der Waals surface area (Å²) >= 11 is 1.78. The molecule has 0 aromatic carbocycles. The van der Waals surface area contributed by atoms with Crippen molar-refractivity contribution in [1.82, 2.24) is 5.32 Å². The molecule has 1 aliphatic heterocycles. The number of thioether (sulfide) groups is 1. The number of carbonyl (C=O) groups excluding carboxylic acids is 1. The van der Waals surface area contributed by atoms with Gasteiger partial charge in [0.15, 0.2) is 0 Å². The minimum atomic E-state index is -1.07. The quantitative estimate of drug-likeness (QED) is 0.649. The lowest BCUT2D eigenvalue weighted by molar-refractivity contribution is -0.146. The molecule has 13 heavy (non-hydrogen) atoms. The van der Waals surface area contributed by atoms with Crippen molar-refractivity contribution in [2.45, 2.75) is 19.4 Å². The first-order valence-electron chi connectivity index (χ1n) is 4.22. The van der Waals surface area contributed by atoms with Crippen LogP contribution in [-0.2, 0) is 9.59 Å². The fourth-order valence-corrected chi connectivity index (χ4v) is 2.24. The summed E-state index contributed by atoms with van der Waals surface area (Å²) < 4.78 is 0. The first kappa shape index (κ1) is 10.4. The Balaban J connectivity index is 2.35. The number of carboxylic acid groups (broad SMARTS) is 1. The van der Waals surface area contributed by atoms with Gasteiger partial charge in [-0.3, -0.25) is 9.59 Å². The molecule has 0 aromatic rings. The van der Waals surface area contributed by atoms with Crippen LogP contribution in [0.1, 0.15) is 13.3 Å². The van der Waals surface area contributed by atoms with E-state index in [2.05, 4.69) is 5.32 Å². The number of amides is 1. The number of aliphatic carboxylic acids is 1. The molecule has 0 saturated carbocycles. The number of hydrogen-bond acceptors (Lipinski definition) is 3. The molecule has 0 aromatic heterocycles. The van der Waals surface area contributed by atoms with Crippen molar-refractivity contribution < 1.29 is 14.7 Å². The van der Waals surface area contributed by atoms with Crippen LogP contribution in [-0.4, -0.2) is 34.5 Å². The number of rotatable bonds is 3. The van der Waals surface area contributed by atoms with E-state index < -0.39 is 11.9 Å². The van der Waals surface area contributed by atoms with Crippen molar-refractivity contribution in [3.05, 3.63) is 0 Å². The smallest absolute Gasteiger partial charge is 0.315 e. The maximum atomic E-state index is 11.2. The Bertz CT molecular complexity index is 213. The van der Waals surface area contributed by atoms with Gasteiger partial charge in [0, 0.05) is 11.8 Å². The number of hydrogen-bond donors (Lipinski definition) is 2. The van der Waals surface area contributed by atoms with Crippen LogP contribution >= 0.6 is 11.8 Å². The van der Waals surface area contributed by atoms with Gasteiger partial charge in [0.1, 0.15) is 5.92 Å². The highest BCUT2D eigenvalue weighted by atomic mass is 32.2. The molecule has 1 amide bonds. The molecule has 0 bridgehead atoms. The minimum absolute atomic E-state index is 0.166. The first-order valence-corrected chi connectivity index (χ1v) is 5.37. The van der Waals surface area contributed by atoms with Gasteiger partial charge in [0.05, 0.1) is 0 Å². The van der Waals surface area contributed by atoms with E-state index in [0.717, 1.165) is 17.9 Å². The minimum Gasteiger partial charge on any atom is -0.481 e. The Morgan fingerprint density at radius 2 is 2.31 bits per heavy atom. The molecular weight excluding hydrogens is 190 g/mol. The summed E-state index contributed by atoms with van der Waals surface area (Å²) in [4.78, 5) is 21.7. The van der Waals surface area contributed by atoms with E-state index in [1.165, 1.54) is 6.92 Å². The maximum Gasteiger partial charge on any atom is 0.315 e. The molecular formula is C8H13NO3S. The molecule has 0 spiro atoms. The van der Waals surface area contributed by atoms with E-state index in [0.29, 0.717) is 0 Å². The predicted molar refractivity (Wildman–Crippen MR) is 50.7 cm³/mol. The molecule has 74 valence electrons. The second kappa shape index (κ2) is 4.50. The highest BCUT2D eigenvalue weighted by molar-refractivity contribution is 7.99. The zero-order chi connectivity index (χ0) is 9.84. The molecule has 1 aliphatic rings. The van der Waals surface area contributed by atoms with E-state index in [1.54, 1.807) is 11.8 Å². The van der Waals surface area contributed by atoms with Crippen molar-refractivity contribution in [2.75, 3.05) is 11.5 Å². The lowest BCUT2D eigenvalue weighted by Gasteiger charge is -2.13. The Hall–Kier alpha value is -0.710. The molecule has 4 nitrogen and oxygen atoms in total.